The summed E-state index contributed by atoms with van der Waals surface area (Å²) in [6.07, 6.45) is 3.68. The Labute approximate surface area is 186 Å². The fraction of sp³-hybridized carbons (Fsp3) is 0.500. The lowest BCUT2D eigenvalue weighted by molar-refractivity contribution is 0.245. The Hall–Kier alpha value is -2.18. The van der Waals surface area contributed by atoms with Gasteiger partial charge in [-0.3, -0.25) is 0 Å². The SMILES string of the molecule is Cc1cc(N2CCC3(CC2)C[C@H](C)N(c2ccc(C#N)c(Cl)c2)C3)ccc1C(C)C. The van der Waals surface area contributed by atoms with E-state index in [2.05, 4.69) is 61.8 Å². The molecule has 2 aliphatic heterocycles. The second kappa shape index (κ2) is 8.16. The Morgan fingerprint density at radius 2 is 1.80 bits per heavy atom. The molecule has 1 spiro atoms. The first-order valence-electron chi connectivity index (χ1n) is 11.1. The van der Waals surface area contributed by atoms with E-state index < -0.39 is 0 Å². The average Bonchev–Trinajstić information content (AvgIpc) is 3.03. The van der Waals surface area contributed by atoms with Crippen LogP contribution in [-0.4, -0.2) is 25.7 Å². The number of hydrogen-bond donors (Lipinski definition) is 0. The zero-order valence-electron chi connectivity index (χ0n) is 18.6. The van der Waals surface area contributed by atoms with Crippen LogP contribution in [0.4, 0.5) is 11.4 Å². The van der Waals surface area contributed by atoms with Crippen LogP contribution in [0.25, 0.3) is 0 Å². The van der Waals surface area contributed by atoms with Crippen molar-refractivity contribution >= 4 is 23.0 Å². The molecule has 2 heterocycles. The van der Waals surface area contributed by atoms with Gasteiger partial charge >= 0.3 is 0 Å². The number of halogens is 1. The third-order valence-electron chi connectivity index (χ3n) is 7.24. The molecule has 0 bridgehead atoms. The molecule has 158 valence electrons. The molecule has 2 aromatic carbocycles. The molecule has 2 aliphatic rings. The van der Waals surface area contributed by atoms with E-state index in [1.807, 2.05) is 18.2 Å². The van der Waals surface area contributed by atoms with Gasteiger partial charge in [-0.25, -0.2) is 0 Å². The number of benzene rings is 2. The minimum Gasteiger partial charge on any atom is -0.371 e. The number of nitriles is 1. The zero-order chi connectivity index (χ0) is 21.5. The van der Waals surface area contributed by atoms with E-state index in [1.54, 1.807) is 0 Å². The molecular weight excluding hydrogens is 390 g/mol. The van der Waals surface area contributed by atoms with Gasteiger partial charge in [-0.2, -0.15) is 5.26 Å². The summed E-state index contributed by atoms with van der Waals surface area (Å²) < 4.78 is 0. The normalized spacial score (nSPS) is 20.8. The highest BCUT2D eigenvalue weighted by Crippen LogP contribution is 2.46. The van der Waals surface area contributed by atoms with Crippen molar-refractivity contribution in [3.63, 3.8) is 0 Å². The van der Waals surface area contributed by atoms with Crippen LogP contribution in [0, 0.1) is 23.7 Å². The van der Waals surface area contributed by atoms with Crippen LogP contribution in [0.1, 0.15) is 62.6 Å². The Morgan fingerprint density at radius 3 is 2.40 bits per heavy atom. The van der Waals surface area contributed by atoms with Gasteiger partial charge in [-0.1, -0.05) is 31.5 Å². The predicted molar refractivity (Wildman–Crippen MR) is 127 cm³/mol. The predicted octanol–water partition coefficient (Wildman–Crippen LogP) is 6.53. The van der Waals surface area contributed by atoms with Gasteiger partial charge in [0.25, 0.3) is 0 Å². The van der Waals surface area contributed by atoms with Crippen LogP contribution in [0.15, 0.2) is 36.4 Å². The molecule has 1 atom stereocenters. The van der Waals surface area contributed by atoms with Crippen molar-refractivity contribution in [1.82, 2.24) is 0 Å². The van der Waals surface area contributed by atoms with Crippen LogP contribution in [0.5, 0.6) is 0 Å². The summed E-state index contributed by atoms with van der Waals surface area (Å²) in [5, 5.41) is 9.70. The maximum absolute atomic E-state index is 9.15. The minimum atomic E-state index is 0.378. The van der Waals surface area contributed by atoms with Gasteiger partial charge in [0.1, 0.15) is 6.07 Å². The van der Waals surface area contributed by atoms with Crippen LogP contribution in [0.3, 0.4) is 0 Å². The number of piperidine rings is 1. The van der Waals surface area contributed by atoms with Crippen molar-refractivity contribution in [2.45, 2.75) is 58.9 Å². The second-order valence-corrected chi connectivity index (χ2v) is 10.0. The lowest BCUT2D eigenvalue weighted by atomic mass is 9.76. The van der Waals surface area contributed by atoms with Gasteiger partial charge in [0.05, 0.1) is 10.6 Å². The molecule has 3 nitrogen and oxygen atoms in total. The molecule has 0 aliphatic carbocycles. The third-order valence-corrected chi connectivity index (χ3v) is 7.55. The molecule has 0 N–H and O–H groups in total. The average molecular weight is 422 g/mol. The summed E-state index contributed by atoms with van der Waals surface area (Å²) >= 11 is 6.31. The number of anilines is 2. The molecule has 0 aromatic heterocycles. The Morgan fingerprint density at radius 1 is 1.10 bits per heavy atom. The van der Waals surface area contributed by atoms with Crippen molar-refractivity contribution in [3.8, 4) is 6.07 Å². The van der Waals surface area contributed by atoms with Gasteiger partial charge in [0, 0.05) is 37.1 Å². The fourth-order valence-corrected chi connectivity index (χ4v) is 5.76. The molecule has 2 aromatic rings. The number of hydrogen-bond acceptors (Lipinski definition) is 3. The summed E-state index contributed by atoms with van der Waals surface area (Å²) in [6, 6.07) is 15.5. The smallest absolute Gasteiger partial charge is 0.101 e. The Bertz CT molecular complexity index is 967. The second-order valence-electron chi connectivity index (χ2n) is 9.64. The summed E-state index contributed by atoms with van der Waals surface area (Å²) in [4.78, 5) is 5.05. The van der Waals surface area contributed by atoms with Crippen LogP contribution in [-0.2, 0) is 0 Å². The first-order valence-corrected chi connectivity index (χ1v) is 11.5. The van der Waals surface area contributed by atoms with Crippen LogP contribution < -0.4 is 9.80 Å². The monoisotopic (exact) mass is 421 g/mol. The first-order chi connectivity index (χ1) is 14.3. The fourth-order valence-electron chi connectivity index (χ4n) is 5.54. The number of nitrogens with zero attached hydrogens (tertiary/aromatic N) is 3. The van der Waals surface area contributed by atoms with E-state index in [0.29, 0.717) is 28.0 Å². The lowest BCUT2D eigenvalue weighted by Gasteiger charge is -2.40. The van der Waals surface area contributed by atoms with Crippen LogP contribution in [0.2, 0.25) is 5.02 Å². The lowest BCUT2D eigenvalue weighted by Crippen LogP contribution is -2.41. The highest BCUT2D eigenvalue weighted by Gasteiger charge is 2.44. The Kier molecular flexibility index (Phi) is 5.73. The van der Waals surface area contributed by atoms with Crippen molar-refractivity contribution < 1.29 is 0 Å². The third kappa shape index (κ3) is 3.91. The summed E-state index contributed by atoms with van der Waals surface area (Å²) in [5.41, 5.74) is 6.30. The van der Waals surface area contributed by atoms with Crippen molar-refractivity contribution in [2.24, 2.45) is 5.41 Å². The van der Waals surface area contributed by atoms with Crippen molar-refractivity contribution in [3.05, 3.63) is 58.1 Å². The minimum absolute atomic E-state index is 0.378. The van der Waals surface area contributed by atoms with Gasteiger partial charge in [0.15, 0.2) is 0 Å². The van der Waals surface area contributed by atoms with E-state index in [4.69, 9.17) is 16.9 Å². The van der Waals surface area contributed by atoms with E-state index in [9.17, 15) is 0 Å². The molecule has 4 rings (SSSR count). The maximum atomic E-state index is 9.15. The summed E-state index contributed by atoms with van der Waals surface area (Å²) in [5.74, 6) is 0.574. The van der Waals surface area contributed by atoms with E-state index in [0.717, 1.165) is 25.3 Å². The topological polar surface area (TPSA) is 30.3 Å². The van der Waals surface area contributed by atoms with E-state index in [-0.39, 0.29) is 0 Å². The first kappa shape index (κ1) is 21.1. The molecule has 0 radical (unpaired) electrons. The van der Waals surface area contributed by atoms with Crippen LogP contribution >= 0.6 is 11.6 Å². The molecule has 2 saturated heterocycles. The highest BCUT2D eigenvalue weighted by molar-refractivity contribution is 6.32. The van der Waals surface area contributed by atoms with Gasteiger partial charge in [-0.15, -0.1) is 0 Å². The molecule has 30 heavy (non-hydrogen) atoms. The molecular formula is C26H32ClN3. The molecule has 0 saturated carbocycles. The maximum Gasteiger partial charge on any atom is 0.101 e. The van der Waals surface area contributed by atoms with Gasteiger partial charge in [0.2, 0.25) is 0 Å². The largest absolute Gasteiger partial charge is 0.371 e. The molecule has 0 unspecified atom stereocenters. The summed E-state index contributed by atoms with van der Waals surface area (Å²) in [7, 11) is 0. The van der Waals surface area contributed by atoms with Gasteiger partial charge in [-0.05, 0) is 85.9 Å². The van der Waals surface area contributed by atoms with E-state index in [1.165, 1.54) is 36.1 Å². The van der Waals surface area contributed by atoms with Crippen molar-refractivity contribution in [1.29, 1.82) is 5.26 Å². The highest BCUT2D eigenvalue weighted by atomic mass is 35.5. The summed E-state index contributed by atoms with van der Waals surface area (Å²) in [6.45, 7) is 12.4. The Balaban J connectivity index is 1.45. The molecule has 0 amide bonds. The quantitative estimate of drug-likeness (QED) is 0.564. The molecule has 4 heteroatoms. The molecule has 2 fully saturated rings. The van der Waals surface area contributed by atoms with Crippen molar-refractivity contribution in [2.75, 3.05) is 29.4 Å². The number of rotatable bonds is 3. The number of aryl methyl sites for hydroxylation is 1. The standard InChI is InChI=1S/C26H32ClN3/c1-18(2)24-8-7-22(13-19(24)3)29-11-9-26(10-12-29)15-20(4)30(17-26)23-6-5-21(16-28)25(27)14-23/h5-8,13-14,18,20H,9-12,15,17H2,1-4H3/t20-/m0/s1. The van der Waals surface area contributed by atoms with Gasteiger partial charge < -0.3 is 9.80 Å². The van der Waals surface area contributed by atoms with E-state index >= 15 is 0 Å². The zero-order valence-corrected chi connectivity index (χ0v) is 19.3.